The first-order valence-electron chi connectivity index (χ1n) is 6.63. The van der Waals surface area contributed by atoms with E-state index >= 15 is 0 Å². The van der Waals surface area contributed by atoms with Gasteiger partial charge in [-0.3, -0.25) is 4.99 Å². The molecule has 7 heteroatoms. The minimum Gasteiger partial charge on any atom is -0.357 e. The Morgan fingerprint density at radius 3 is 2.76 bits per heavy atom. The molecule has 1 rings (SSSR count). The molecule has 0 aliphatic heterocycles. The molecule has 0 radical (unpaired) electrons. The van der Waals surface area contributed by atoms with Gasteiger partial charge in [-0.25, -0.2) is 4.39 Å². The summed E-state index contributed by atoms with van der Waals surface area (Å²) < 4.78 is 13.6. The molecule has 0 aromatic heterocycles. The Morgan fingerprint density at radius 2 is 2.14 bits per heavy atom. The molecule has 0 aliphatic carbocycles. The van der Waals surface area contributed by atoms with Crippen molar-refractivity contribution in [3.63, 3.8) is 0 Å². The van der Waals surface area contributed by atoms with Crippen molar-refractivity contribution >= 4 is 53.3 Å². The van der Waals surface area contributed by atoms with Crippen molar-refractivity contribution in [3.05, 3.63) is 34.6 Å². The third-order valence-electron chi connectivity index (χ3n) is 2.64. The molecule has 2 N–H and O–H groups in total. The number of hydrogen-bond acceptors (Lipinski definition) is 2. The molecule has 0 aliphatic rings. The standard InChI is InChI=1S/C14H21ClFN3S.HI/c1-3-17-14(19-9-10-20-2)18-8-7-11-12(15)5-4-6-13(11)16;/h4-6H,3,7-10H2,1-2H3,(H2,17,18,19);1H. The molecule has 1 aromatic carbocycles. The fraction of sp³-hybridized carbons (Fsp3) is 0.500. The van der Waals surface area contributed by atoms with E-state index in [4.69, 9.17) is 11.6 Å². The summed E-state index contributed by atoms with van der Waals surface area (Å²) in [6, 6.07) is 4.75. The molecule has 0 bridgehead atoms. The molecule has 0 atom stereocenters. The zero-order chi connectivity index (χ0) is 14.8. The number of benzene rings is 1. The minimum absolute atomic E-state index is 0. The van der Waals surface area contributed by atoms with Crippen LogP contribution in [0.4, 0.5) is 4.39 Å². The molecule has 0 heterocycles. The van der Waals surface area contributed by atoms with Crippen LogP contribution in [0.25, 0.3) is 0 Å². The molecule has 1 aromatic rings. The molecule has 0 unspecified atom stereocenters. The number of aliphatic imine (C=N–C) groups is 1. The Balaban J connectivity index is 0.00000400. The average molecular weight is 446 g/mol. The van der Waals surface area contributed by atoms with E-state index < -0.39 is 0 Å². The lowest BCUT2D eigenvalue weighted by Crippen LogP contribution is -2.38. The summed E-state index contributed by atoms with van der Waals surface area (Å²) in [5, 5.41) is 6.82. The van der Waals surface area contributed by atoms with E-state index in [2.05, 4.69) is 21.9 Å². The largest absolute Gasteiger partial charge is 0.357 e. The summed E-state index contributed by atoms with van der Waals surface area (Å²) in [7, 11) is 0. The topological polar surface area (TPSA) is 36.4 Å². The summed E-state index contributed by atoms with van der Waals surface area (Å²) in [4.78, 5) is 4.43. The van der Waals surface area contributed by atoms with Gasteiger partial charge in [0, 0.05) is 29.4 Å². The Kier molecular flexibility index (Phi) is 12.2. The van der Waals surface area contributed by atoms with Gasteiger partial charge in [-0.05, 0) is 31.7 Å². The van der Waals surface area contributed by atoms with Crippen molar-refractivity contribution in [2.45, 2.75) is 13.3 Å². The molecular weight excluding hydrogens is 424 g/mol. The van der Waals surface area contributed by atoms with Crippen LogP contribution < -0.4 is 10.6 Å². The number of halogens is 3. The SMILES string of the molecule is CCNC(=NCCSC)NCCc1c(F)cccc1Cl.I. The second-order valence-electron chi connectivity index (χ2n) is 4.13. The van der Waals surface area contributed by atoms with E-state index in [0.717, 1.165) is 24.8 Å². The molecule has 21 heavy (non-hydrogen) atoms. The molecular formula is C14H22ClFIN3S. The summed E-state index contributed by atoms with van der Waals surface area (Å²) in [6.45, 7) is 4.16. The summed E-state index contributed by atoms with van der Waals surface area (Å²) in [5.74, 6) is 1.48. The Morgan fingerprint density at radius 1 is 1.38 bits per heavy atom. The highest BCUT2D eigenvalue weighted by molar-refractivity contribution is 14.0. The highest BCUT2D eigenvalue weighted by Crippen LogP contribution is 2.18. The van der Waals surface area contributed by atoms with Crippen LogP contribution in [0, 0.1) is 5.82 Å². The van der Waals surface area contributed by atoms with Gasteiger partial charge in [-0.2, -0.15) is 11.8 Å². The number of nitrogens with zero attached hydrogens (tertiary/aromatic N) is 1. The van der Waals surface area contributed by atoms with Crippen molar-refractivity contribution < 1.29 is 4.39 Å². The number of hydrogen-bond donors (Lipinski definition) is 2. The maximum absolute atomic E-state index is 13.6. The van der Waals surface area contributed by atoms with Gasteiger partial charge in [-0.15, -0.1) is 24.0 Å². The zero-order valence-corrected chi connectivity index (χ0v) is 16.2. The van der Waals surface area contributed by atoms with Crippen LogP contribution in [-0.4, -0.2) is 37.6 Å². The molecule has 0 saturated carbocycles. The van der Waals surface area contributed by atoms with Crippen LogP contribution in [-0.2, 0) is 6.42 Å². The van der Waals surface area contributed by atoms with Crippen LogP contribution in [0.2, 0.25) is 5.02 Å². The van der Waals surface area contributed by atoms with E-state index in [1.54, 1.807) is 23.9 Å². The second kappa shape index (κ2) is 12.3. The molecule has 0 amide bonds. The van der Waals surface area contributed by atoms with Gasteiger partial charge in [0.25, 0.3) is 0 Å². The smallest absolute Gasteiger partial charge is 0.191 e. The molecule has 0 spiro atoms. The van der Waals surface area contributed by atoms with Gasteiger partial charge in [0.15, 0.2) is 5.96 Å². The third-order valence-corrected chi connectivity index (χ3v) is 3.58. The first-order valence-corrected chi connectivity index (χ1v) is 8.40. The number of guanidine groups is 1. The molecule has 120 valence electrons. The van der Waals surface area contributed by atoms with Gasteiger partial charge < -0.3 is 10.6 Å². The fourth-order valence-electron chi connectivity index (χ4n) is 1.67. The van der Waals surface area contributed by atoms with E-state index in [-0.39, 0.29) is 29.8 Å². The average Bonchev–Trinajstić information content (AvgIpc) is 2.42. The highest BCUT2D eigenvalue weighted by Gasteiger charge is 2.06. The lowest BCUT2D eigenvalue weighted by Gasteiger charge is -2.12. The predicted octanol–water partition coefficient (Wildman–Crippen LogP) is 3.56. The van der Waals surface area contributed by atoms with Gasteiger partial charge in [-0.1, -0.05) is 17.7 Å². The maximum Gasteiger partial charge on any atom is 0.191 e. The Hall–Kier alpha value is -0.210. The monoisotopic (exact) mass is 445 g/mol. The van der Waals surface area contributed by atoms with Crippen molar-refractivity contribution in [2.75, 3.05) is 31.6 Å². The van der Waals surface area contributed by atoms with Gasteiger partial charge in [0.1, 0.15) is 5.82 Å². The van der Waals surface area contributed by atoms with Crippen LogP contribution in [0.1, 0.15) is 12.5 Å². The van der Waals surface area contributed by atoms with Gasteiger partial charge >= 0.3 is 0 Å². The Bertz CT molecular complexity index is 426. The van der Waals surface area contributed by atoms with Crippen LogP contribution in [0.15, 0.2) is 23.2 Å². The van der Waals surface area contributed by atoms with Crippen LogP contribution >= 0.6 is 47.3 Å². The van der Waals surface area contributed by atoms with E-state index in [0.29, 0.717) is 23.6 Å². The minimum atomic E-state index is -0.261. The third kappa shape index (κ3) is 8.11. The summed E-state index contributed by atoms with van der Waals surface area (Å²) in [5.41, 5.74) is 0.543. The van der Waals surface area contributed by atoms with Crippen molar-refractivity contribution in [1.82, 2.24) is 10.6 Å². The lowest BCUT2D eigenvalue weighted by molar-refractivity contribution is 0.607. The number of thioether (sulfide) groups is 1. The Labute approximate surface area is 152 Å². The summed E-state index contributed by atoms with van der Waals surface area (Å²) >= 11 is 7.75. The van der Waals surface area contributed by atoms with Gasteiger partial charge in [0.05, 0.1) is 6.54 Å². The lowest BCUT2D eigenvalue weighted by atomic mass is 10.1. The fourth-order valence-corrected chi connectivity index (χ4v) is 2.20. The molecule has 0 saturated heterocycles. The van der Waals surface area contributed by atoms with Gasteiger partial charge in [0.2, 0.25) is 0 Å². The van der Waals surface area contributed by atoms with E-state index in [1.807, 2.05) is 6.92 Å². The second-order valence-corrected chi connectivity index (χ2v) is 5.52. The number of rotatable bonds is 7. The van der Waals surface area contributed by atoms with Crippen molar-refractivity contribution in [2.24, 2.45) is 4.99 Å². The first-order chi connectivity index (χ1) is 9.69. The molecule has 3 nitrogen and oxygen atoms in total. The zero-order valence-electron chi connectivity index (χ0n) is 12.3. The first kappa shape index (κ1) is 20.8. The maximum atomic E-state index is 13.6. The molecule has 0 fully saturated rings. The van der Waals surface area contributed by atoms with E-state index in [9.17, 15) is 4.39 Å². The van der Waals surface area contributed by atoms with Crippen LogP contribution in [0.3, 0.4) is 0 Å². The highest BCUT2D eigenvalue weighted by atomic mass is 127. The van der Waals surface area contributed by atoms with Crippen molar-refractivity contribution in [1.29, 1.82) is 0 Å². The predicted molar refractivity (Wildman–Crippen MR) is 103 cm³/mol. The van der Waals surface area contributed by atoms with Crippen LogP contribution in [0.5, 0.6) is 0 Å². The summed E-state index contributed by atoms with van der Waals surface area (Å²) in [6.07, 6.45) is 2.58. The quantitative estimate of drug-likeness (QED) is 0.292. The van der Waals surface area contributed by atoms with E-state index in [1.165, 1.54) is 6.07 Å². The van der Waals surface area contributed by atoms with Crippen molar-refractivity contribution in [3.8, 4) is 0 Å². The normalized spacial score (nSPS) is 11.0. The number of nitrogens with one attached hydrogen (secondary N) is 2.